The minimum atomic E-state index is -0.206. The van der Waals surface area contributed by atoms with E-state index in [1.807, 2.05) is 24.3 Å². The van der Waals surface area contributed by atoms with Gasteiger partial charge in [-0.05, 0) is 11.1 Å². The molecule has 16 heavy (non-hydrogen) atoms. The molecule has 0 aromatic heterocycles. The smallest absolute Gasteiger partial charge is 0.242 e. The Bertz CT molecular complexity index is 433. The molecule has 2 N–H and O–H groups in total. The van der Waals surface area contributed by atoms with E-state index < -0.39 is 0 Å². The van der Waals surface area contributed by atoms with Crippen molar-refractivity contribution in [3.63, 3.8) is 0 Å². The van der Waals surface area contributed by atoms with Crippen LogP contribution in [0, 0.1) is 0 Å². The molecular weight excluding hydrogens is 204 g/mol. The van der Waals surface area contributed by atoms with Gasteiger partial charge in [0.25, 0.3) is 0 Å². The van der Waals surface area contributed by atoms with Gasteiger partial charge in [-0.25, -0.2) is 0 Å². The summed E-state index contributed by atoms with van der Waals surface area (Å²) >= 11 is 0. The molecule has 1 aromatic rings. The van der Waals surface area contributed by atoms with Crippen LogP contribution in [-0.2, 0) is 4.79 Å². The Morgan fingerprint density at radius 1 is 1.38 bits per heavy atom. The summed E-state index contributed by atoms with van der Waals surface area (Å²) in [7, 11) is 0. The summed E-state index contributed by atoms with van der Waals surface area (Å²) in [5.74, 6) is 0.0506. The quantitative estimate of drug-likeness (QED) is 0.708. The molecule has 0 bridgehead atoms. The van der Waals surface area contributed by atoms with Crippen LogP contribution >= 0.6 is 0 Å². The second-order valence-electron chi connectivity index (χ2n) is 4.26. The van der Waals surface area contributed by atoms with Crippen LogP contribution in [0.25, 0.3) is 0 Å². The Kier molecular flexibility index (Phi) is 2.19. The Labute approximate surface area is 93.9 Å². The zero-order valence-corrected chi connectivity index (χ0v) is 8.89. The van der Waals surface area contributed by atoms with Crippen LogP contribution in [0.15, 0.2) is 24.3 Å². The summed E-state index contributed by atoms with van der Waals surface area (Å²) < 4.78 is 0. The number of nitrogens with one attached hydrogen (secondary N) is 1. The van der Waals surface area contributed by atoms with Crippen molar-refractivity contribution >= 4 is 5.91 Å². The van der Waals surface area contributed by atoms with Crippen LogP contribution in [-0.4, -0.2) is 35.6 Å². The van der Waals surface area contributed by atoms with E-state index in [0.717, 1.165) is 17.7 Å². The van der Waals surface area contributed by atoms with Gasteiger partial charge in [0.05, 0.1) is 12.6 Å². The van der Waals surface area contributed by atoms with Crippen molar-refractivity contribution in [1.29, 1.82) is 0 Å². The highest BCUT2D eigenvalue weighted by Crippen LogP contribution is 2.42. The largest absolute Gasteiger partial charge is 0.394 e. The summed E-state index contributed by atoms with van der Waals surface area (Å²) in [6.07, 6.45) is 0. The number of aliphatic hydroxyl groups is 1. The lowest BCUT2D eigenvalue weighted by Crippen LogP contribution is -2.48. The van der Waals surface area contributed by atoms with Gasteiger partial charge in [-0.2, -0.15) is 0 Å². The molecule has 4 heteroatoms. The van der Waals surface area contributed by atoms with Crippen molar-refractivity contribution in [2.24, 2.45) is 0 Å². The third kappa shape index (κ3) is 1.20. The van der Waals surface area contributed by atoms with E-state index in [9.17, 15) is 9.90 Å². The van der Waals surface area contributed by atoms with E-state index in [2.05, 4.69) is 10.2 Å². The number of benzene rings is 1. The number of nitrogens with zero attached hydrogens (tertiary/aromatic N) is 1. The van der Waals surface area contributed by atoms with E-state index in [4.69, 9.17) is 0 Å². The summed E-state index contributed by atoms with van der Waals surface area (Å²) in [6, 6.07) is 7.65. The molecule has 1 aromatic carbocycles. The lowest BCUT2D eigenvalue weighted by molar-refractivity contribution is -0.130. The Morgan fingerprint density at radius 2 is 2.12 bits per heavy atom. The van der Waals surface area contributed by atoms with Gasteiger partial charge in [0.1, 0.15) is 6.04 Å². The number of carbonyl (C=O) groups is 1. The van der Waals surface area contributed by atoms with Gasteiger partial charge in [-0.3, -0.25) is 9.69 Å². The first-order valence-corrected chi connectivity index (χ1v) is 5.56. The standard InChI is InChI=1S/C12H14N2O2/c15-7-10-8-3-1-2-4-9(8)11-12(16)13-5-6-14(10)11/h1-4,10-11,15H,5-7H2,(H,13,16). The SMILES string of the molecule is O=C1NCCN2C(CO)c3ccccc3C12. The molecule has 1 fully saturated rings. The lowest BCUT2D eigenvalue weighted by Gasteiger charge is -2.33. The predicted octanol–water partition coefficient (Wildman–Crippen LogP) is 0.206. The molecule has 84 valence electrons. The minimum Gasteiger partial charge on any atom is -0.394 e. The van der Waals surface area contributed by atoms with Gasteiger partial charge in [0.15, 0.2) is 0 Å². The molecule has 0 spiro atoms. The van der Waals surface area contributed by atoms with Crippen LogP contribution in [0.3, 0.4) is 0 Å². The average molecular weight is 218 g/mol. The Hall–Kier alpha value is -1.39. The zero-order chi connectivity index (χ0) is 11.1. The van der Waals surface area contributed by atoms with Crippen molar-refractivity contribution in [2.75, 3.05) is 19.7 Å². The van der Waals surface area contributed by atoms with E-state index in [1.165, 1.54) is 0 Å². The van der Waals surface area contributed by atoms with E-state index in [1.54, 1.807) is 0 Å². The minimum absolute atomic E-state index is 0.0211. The summed E-state index contributed by atoms with van der Waals surface area (Å²) in [5.41, 5.74) is 2.13. The van der Waals surface area contributed by atoms with Crippen molar-refractivity contribution in [3.05, 3.63) is 35.4 Å². The number of piperazine rings is 1. The first-order chi connectivity index (χ1) is 7.83. The number of aliphatic hydroxyl groups excluding tert-OH is 1. The normalized spacial score (nSPS) is 28.4. The summed E-state index contributed by atoms with van der Waals surface area (Å²) in [4.78, 5) is 14.0. The Balaban J connectivity index is 2.10. The topological polar surface area (TPSA) is 52.6 Å². The van der Waals surface area contributed by atoms with Gasteiger partial charge in [-0.1, -0.05) is 24.3 Å². The molecule has 1 amide bonds. The second kappa shape index (κ2) is 3.57. The number of hydrogen-bond acceptors (Lipinski definition) is 3. The molecule has 1 saturated heterocycles. The zero-order valence-electron chi connectivity index (χ0n) is 8.89. The predicted molar refractivity (Wildman–Crippen MR) is 58.7 cm³/mol. The molecule has 4 nitrogen and oxygen atoms in total. The van der Waals surface area contributed by atoms with Crippen molar-refractivity contribution in [2.45, 2.75) is 12.1 Å². The van der Waals surface area contributed by atoms with E-state index in [0.29, 0.717) is 6.54 Å². The highest BCUT2D eigenvalue weighted by atomic mass is 16.3. The number of carbonyl (C=O) groups excluding carboxylic acids is 1. The molecular formula is C12H14N2O2. The summed E-state index contributed by atoms with van der Waals surface area (Å²) in [5, 5.41) is 12.3. The third-order valence-electron chi connectivity index (χ3n) is 3.47. The fourth-order valence-electron chi connectivity index (χ4n) is 2.79. The molecule has 2 atom stereocenters. The van der Waals surface area contributed by atoms with E-state index in [-0.39, 0.29) is 24.6 Å². The van der Waals surface area contributed by atoms with Crippen molar-refractivity contribution in [3.8, 4) is 0 Å². The molecule has 0 saturated carbocycles. The van der Waals surface area contributed by atoms with Gasteiger partial charge < -0.3 is 10.4 Å². The first kappa shape index (κ1) is 9.81. The first-order valence-electron chi connectivity index (χ1n) is 5.56. The van der Waals surface area contributed by atoms with Gasteiger partial charge in [-0.15, -0.1) is 0 Å². The molecule has 2 unspecified atom stereocenters. The maximum Gasteiger partial charge on any atom is 0.242 e. The van der Waals surface area contributed by atoms with Gasteiger partial charge in [0, 0.05) is 13.1 Å². The molecule has 2 heterocycles. The second-order valence-corrected chi connectivity index (χ2v) is 4.26. The van der Waals surface area contributed by atoms with Gasteiger partial charge in [0.2, 0.25) is 5.91 Å². The maximum absolute atomic E-state index is 11.9. The maximum atomic E-state index is 11.9. The van der Waals surface area contributed by atoms with Gasteiger partial charge >= 0.3 is 0 Å². The number of amides is 1. The fraction of sp³-hybridized carbons (Fsp3) is 0.417. The lowest BCUT2D eigenvalue weighted by atomic mass is 10.0. The molecule has 0 aliphatic carbocycles. The number of hydrogen-bond donors (Lipinski definition) is 2. The number of rotatable bonds is 1. The van der Waals surface area contributed by atoms with Crippen LogP contribution < -0.4 is 5.32 Å². The van der Waals surface area contributed by atoms with Crippen LogP contribution in [0.1, 0.15) is 23.2 Å². The molecule has 2 aliphatic heterocycles. The highest BCUT2D eigenvalue weighted by Gasteiger charge is 2.43. The van der Waals surface area contributed by atoms with Crippen LogP contribution in [0.2, 0.25) is 0 Å². The fourth-order valence-corrected chi connectivity index (χ4v) is 2.79. The molecule has 2 aliphatic rings. The third-order valence-corrected chi connectivity index (χ3v) is 3.47. The monoisotopic (exact) mass is 218 g/mol. The number of fused-ring (bicyclic) bond motifs is 3. The van der Waals surface area contributed by atoms with Crippen LogP contribution in [0.4, 0.5) is 0 Å². The average Bonchev–Trinajstić information content (AvgIpc) is 2.64. The highest BCUT2D eigenvalue weighted by molar-refractivity contribution is 5.85. The Morgan fingerprint density at radius 3 is 2.88 bits per heavy atom. The molecule has 3 rings (SSSR count). The molecule has 0 radical (unpaired) electrons. The van der Waals surface area contributed by atoms with Crippen molar-refractivity contribution in [1.82, 2.24) is 10.2 Å². The van der Waals surface area contributed by atoms with E-state index >= 15 is 0 Å². The van der Waals surface area contributed by atoms with Crippen molar-refractivity contribution < 1.29 is 9.90 Å². The van der Waals surface area contributed by atoms with Crippen LogP contribution in [0.5, 0.6) is 0 Å². The summed E-state index contributed by atoms with van der Waals surface area (Å²) in [6.45, 7) is 1.54.